The SMILES string of the molecule is CCc1ccc(S(=O)(=O)c2cnc3ccc(C)cc3c2Cl)cc1. The van der Waals surface area contributed by atoms with Gasteiger partial charge in [-0.25, -0.2) is 8.42 Å². The van der Waals surface area contributed by atoms with Crippen LogP contribution in [0.15, 0.2) is 58.5 Å². The highest BCUT2D eigenvalue weighted by Gasteiger charge is 2.22. The molecule has 0 spiro atoms. The van der Waals surface area contributed by atoms with Crippen LogP contribution in [-0.2, 0) is 16.3 Å². The largest absolute Gasteiger partial charge is 0.255 e. The second-order valence-electron chi connectivity index (χ2n) is 5.46. The van der Waals surface area contributed by atoms with Gasteiger partial charge in [-0.3, -0.25) is 4.98 Å². The van der Waals surface area contributed by atoms with Gasteiger partial charge in [0.15, 0.2) is 0 Å². The summed E-state index contributed by atoms with van der Waals surface area (Å²) in [6, 6.07) is 12.5. The van der Waals surface area contributed by atoms with E-state index in [0.717, 1.165) is 17.5 Å². The number of nitrogens with zero attached hydrogens (tertiary/aromatic N) is 1. The number of aromatic nitrogens is 1. The van der Waals surface area contributed by atoms with Crippen LogP contribution in [0.3, 0.4) is 0 Å². The molecule has 118 valence electrons. The van der Waals surface area contributed by atoms with Crippen molar-refractivity contribution >= 4 is 32.3 Å². The zero-order valence-electron chi connectivity index (χ0n) is 12.9. The van der Waals surface area contributed by atoms with Gasteiger partial charge in [-0.15, -0.1) is 0 Å². The Bertz CT molecular complexity index is 980. The average molecular weight is 346 g/mol. The summed E-state index contributed by atoms with van der Waals surface area (Å²) in [7, 11) is -3.69. The normalized spacial score (nSPS) is 11.8. The van der Waals surface area contributed by atoms with Crippen LogP contribution < -0.4 is 0 Å². The van der Waals surface area contributed by atoms with E-state index in [1.807, 2.05) is 44.2 Å². The first-order valence-corrected chi connectivity index (χ1v) is 9.18. The molecule has 0 aliphatic carbocycles. The molecular formula is C18H16ClNO2S. The number of benzene rings is 2. The van der Waals surface area contributed by atoms with Crippen LogP contribution in [-0.4, -0.2) is 13.4 Å². The number of fused-ring (bicyclic) bond motifs is 1. The van der Waals surface area contributed by atoms with E-state index in [1.165, 1.54) is 6.20 Å². The lowest BCUT2D eigenvalue weighted by molar-refractivity contribution is 0.596. The highest BCUT2D eigenvalue weighted by Crippen LogP contribution is 2.32. The molecule has 0 bridgehead atoms. The summed E-state index contributed by atoms with van der Waals surface area (Å²) >= 11 is 6.39. The maximum Gasteiger partial charge on any atom is 0.209 e. The molecule has 0 radical (unpaired) electrons. The van der Waals surface area contributed by atoms with Crippen LogP contribution >= 0.6 is 11.6 Å². The maximum atomic E-state index is 12.9. The molecule has 0 amide bonds. The summed E-state index contributed by atoms with van der Waals surface area (Å²) in [5.74, 6) is 0. The van der Waals surface area contributed by atoms with Crippen molar-refractivity contribution in [3.8, 4) is 0 Å². The number of rotatable bonds is 3. The minimum absolute atomic E-state index is 0.0431. The first-order chi connectivity index (χ1) is 10.9. The quantitative estimate of drug-likeness (QED) is 0.697. The van der Waals surface area contributed by atoms with Crippen molar-refractivity contribution in [3.05, 3.63) is 64.8 Å². The molecule has 5 heteroatoms. The molecule has 2 aromatic carbocycles. The van der Waals surface area contributed by atoms with Crippen LogP contribution in [0.5, 0.6) is 0 Å². The average Bonchev–Trinajstić information content (AvgIpc) is 2.55. The number of sulfone groups is 1. The lowest BCUT2D eigenvalue weighted by atomic mass is 10.1. The maximum absolute atomic E-state index is 12.9. The van der Waals surface area contributed by atoms with E-state index in [0.29, 0.717) is 10.9 Å². The molecule has 3 nitrogen and oxygen atoms in total. The topological polar surface area (TPSA) is 47.0 Å². The molecule has 3 aromatic rings. The second-order valence-corrected chi connectivity index (χ2v) is 7.75. The zero-order chi connectivity index (χ0) is 16.6. The Morgan fingerprint density at radius 1 is 1.09 bits per heavy atom. The molecule has 23 heavy (non-hydrogen) atoms. The van der Waals surface area contributed by atoms with Gasteiger partial charge >= 0.3 is 0 Å². The van der Waals surface area contributed by atoms with Gasteiger partial charge in [0, 0.05) is 11.6 Å². The van der Waals surface area contributed by atoms with Gasteiger partial charge in [0.05, 0.1) is 15.4 Å². The highest BCUT2D eigenvalue weighted by molar-refractivity contribution is 7.91. The van der Waals surface area contributed by atoms with Crippen molar-refractivity contribution in [3.63, 3.8) is 0 Å². The van der Waals surface area contributed by atoms with E-state index < -0.39 is 9.84 Å². The van der Waals surface area contributed by atoms with Crippen LogP contribution in [0.2, 0.25) is 5.02 Å². The third kappa shape index (κ3) is 2.84. The Kier molecular flexibility index (Phi) is 4.13. The fourth-order valence-corrected chi connectivity index (χ4v) is 4.27. The van der Waals surface area contributed by atoms with Crippen molar-refractivity contribution in [1.29, 1.82) is 0 Å². The molecule has 1 heterocycles. The van der Waals surface area contributed by atoms with Gasteiger partial charge in [-0.05, 0) is 43.2 Å². The van der Waals surface area contributed by atoms with Crippen molar-refractivity contribution in [2.24, 2.45) is 0 Å². The fourth-order valence-electron chi connectivity index (χ4n) is 2.47. The molecule has 1 aromatic heterocycles. The first kappa shape index (κ1) is 16.0. The van der Waals surface area contributed by atoms with Crippen LogP contribution in [0, 0.1) is 6.92 Å². The van der Waals surface area contributed by atoms with E-state index in [9.17, 15) is 8.42 Å². The van der Waals surface area contributed by atoms with E-state index in [1.54, 1.807) is 12.1 Å². The molecule has 0 unspecified atom stereocenters. The first-order valence-electron chi connectivity index (χ1n) is 7.32. The minimum Gasteiger partial charge on any atom is -0.255 e. The molecule has 0 N–H and O–H groups in total. The molecule has 0 saturated heterocycles. The minimum atomic E-state index is -3.69. The van der Waals surface area contributed by atoms with Gasteiger partial charge in [0.25, 0.3) is 0 Å². The summed E-state index contributed by atoms with van der Waals surface area (Å²) in [6.45, 7) is 3.95. The van der Waals surface area contributed by atoms with Gasteiger partial charge < -0.3 is 0 Å². The lowest BCUT2D eigenvalue weighted by Gasteiger charge is -2.09. The lowest BCUT2D eigenvalue weighted by Crippen LogP contribution is -2.04. The van der Waals surface area contributed by atoms with Crippen LogP contribution in [0.4, 0.5) is 0 Å². The molecule has 0 saturated carbocycles. The Morgan fingerprint density at radius 3 is 2.43 bits per heavy atom. The summed E-state index contributed by atoms with van der Waals surface area (Å²) < 4.78 is 25.7. The number of pyridine rings is 1. The Hall–Kier alpha value is -1.91. The molecule has 0 atom stereocenters. The monoisotopic (exact) mass is 345 g/mol. The van der Waals surface area contributed by atoms with Crippen LogP contribution in [0.1, 0.15) is 18.1 Å². The summed E-state index contributed by atoms with van der Waals surface area (Å²) in [4.78, 5) is 4.52. The van der Waals surface area contributed by atoms with Crippen molar-refractivity contribution in [2.45, 2.75) is 30.1 Å². The Labute approximate surface area is 140 Å². The van der Waals surface area contributed by atoms with E-state index in [4.69, 9.17) is 11.6 Å². The fraction of sp³-hybridized carbons (Fsp3) is 0.167. The second kappa shape index (κ2) is 5.95. The zero-order valence-corrected chi connectivity index (χ0v) is 14.4. The van der Waals surface area contributed by atoms with Crippen molar-refractivity contribution in [2.75, 3.05) is 0 Å². The molecule has 3 rings (SSSR count). The molecule has 0 aliphatic rings. The van der Waals surface area contributed by atoms with Gasteiger partial charge in [0.2, 0.25) is 9.84 Å². The Balaban J connectivity index is 2.19. The number of halogens is 1. The number of hydrogen-bond acceptors (Lipinski definition) is 3. The van der Waals surface area contributed by atoms with Crippen LogP contribution in [0.25, 0.3) is 10.9 Å². The molecule has 0 fully saturated rings. The standard InChI is InChI=1S/C18H16ClNO2S/c1-3-13-5-7-14(8-6-13)23(21,22)17-11-20-16-9-4-12(2)10-15(16)18(17)19/h4-11H,3H2,1-2H3. The van der Waals surface area contributed by atoms with E-state index in [2.05, 4.69) is 4.98 Å². The van der Waals surface area contributed by atoms with Crippen molar-refractivity contribution in [1.82, 2.24) is 4.98 Å². The van der Waals surface area contributed by atoms with Gasteiger partial charge in [0.1, 0.15) is 4.90 Å². The summed E-state index contributed by atoms with van der Waals surface area (Å²) in [5.41, 5.74) is 2.77. The third-order valence-electron chi connectivity index (χ3n) is 3.86. The number of hydrogen-bond donors (Lipinski definition) is 0. The van der Waals surface area contributed by atoms with Gasteiger partial charge in [-0.1, -0.05) is 42.3 Å². The smallest absolute Gasteiger partial charge is 0.209 e. The summed E-state index contributed by atoms with van der Waals surface area (Å²) in [6.07, 6.45) is 2.20. The third-order valence-corrected chi connectivity index (χ3v) is 6.16. The predicted molar refractivity (Wildman–Crippen MR) is 92.8 cm³/mol. The molecule has 0 aliphatic heterocycles. The summed E-state index contributed by atoms with van der Waals surface area (Å²) in [5, 5.41) is 0.871. The number of aryl methyl sites for hydroxylation is 2. The van der Waals surface area contributed by atoms with E-state index >= 15 is 0 Å². The predicted octanol–water partition coefficient (Wildman–Crippen LogP) is 4.59. The highest BCUT2D eigenvalue weighted by atomic mass is 35.5. The van der Waals surface area contributed by atoms with Crippen molar-refractivity contribution < 1.29 is 8.42 Å². The molecular weight excluding hydrogens is 330 g/mol. The Morgan fingerprint density at radius 2 is 1.78 bits per heavy atom. The van der Waals surface area contributed by atoms with E-state index in [-0.39, 0.29) is 14.8 Å². The van der Waals surface area contributed by atoms with Gasteiger partial charge in [-0.2, -0.15) is 0 Å².